The molecule has 0 saturated carbocycles. The van der Waals surface area contributed by atoms with Crippen molar-refractivity contribution >= 4 is 39.0 Å². The van der Waals surface area contributed by atoms with Crippen molar-refractivity contribution in [1.82, 2.24) is 0 Å². The average Bonchev–Trinajstić information content (AvgIpc) is 2.41. The lowest BCUT2D eigenvalue weighted by molar-refractivity contribution is 0.0527. The standard InChI is InChI=1S/C15H15BrN2O2/c1-2-20-15(19)12-7-4-8-13(14(12)17)18-11-6-3-5-10(16)9-11/h3-9,18H,2,17H2,1H3. The number of halogens is 1. The molecule has 0 bridgehead atoms. The first kappa shape index (κ1) is 14.4. The van der Waals surface area contributed by atoms with Gasteiger partial charge in [0, 0.05) is 10.2 Å². The zero-order valence-electron chi connectivity index (χ0n) is 11.0. The van der Waals surface area contributed by atoms with Gasteiger partial charge in [0.1, 0.15) is 0 Å². The highest BCUT2D eigenvalue weighted by Crippen LogP contribution is 2.27. The molecule has 3 N–H and O–H groups in total. The Bertz CT molecular complexity index is 629. The highest BCUT2D eigenvalue weighted by Gasteiger charge is 2.13. The molecule has 0 aliphatic carbocycles. The number of hydrogen-bond acceptors (Lipinski definition) is 4. The average molecular weight is 335 g/mol. The van der Waals surface area contributed by atoms with Crippen LogP contribution < -0.4 is 11.1 Å². The molecule has 0 fully saturated rings. The molecule has 104 valence electrons. The molecular weight excluding hydrogens is 320 g/mol. The predicted octanol–water partition coefficient (Wildman–Crippen LogP) is 3.95. The van der Waals surface area contributed by atoms with Crippen LogP contribution in [0.2, 0.25) is 0 Å². The van der Waals surface area contributed by atoms with Gasteiger partial charge in [-0.2, -0.15) is 0 Å². The molecule has 0 amide bonds. The molecule has 0 aliphatic rings. The first-order valence-electron chi connectivity index (χ1n) is 6.20. The van der Waals surface area contributed by atoms with Crippen molar-refractivity contribution in [2.45, 2.75) is 6.92 Å². The molecule has 0 saturated heterocycles. The van der Waals surface area contributed by atoms with Gasteiger partial charge in [0.15, 0.2) is 0 Å². The van der Waals surface area contributed by atoms with Crippen molar-refractivity contribution in [2.24, 2.45) is 0 Å². The molecule has 2 aromatic carbocycles. The second-order valence-corrected chi connectivity index (χ2v) is 5.04. The molecule has 0 atom stereocenters. The van der Waals surface area contributed by atoms with Crippen LogP contribution in [0.15, 0.2) is 46.9 Å². The minimum absolute atomic E-state index is 0.321. The van der Waals surface area contributed by atoms with E-state index in [1.165, 1.54) is 0 Å². The van der Waals surface area contributed by atoms with Gasteiger partial charge in [-0.05, 0) is 37.3 Å². The van der Waals surface area contributed by atoms with Gasteiger partial charge in [-0.3, -0.25) is 0 Å². The third-order valence-corrected chi connectivity index (χ3v) is 3.20. The highest BCUT2D eigenvalue weighted by atomic mass is 79.9. The molecule has 2 aromatic rings. The number of anilines is 3. The molecule has 0 spiro atoms. The fraction of sp³-hybridized carbons (Fsp3) is 0.133. The Morgan fingerprint density at radius 1 is 1.30 bits per heavy atom. The van der Waals surface area contributed by atoms with Crippen LogP contribution in [0.25, 0.3) is 0 Å². The van der Waals surface area contributed by atoms with Crippen molar-refractivity contribution < 1.29 is 9.53 Å². The van der Waals surface area contributed by atoms with Crippen LogP contribution in [-0.4, -0.2) is 12.6 Å². The zero-order chi connectivity index (χ0) is 14.5. The third kappa shape index (κ3) is 3.30. The summed E-state index contributed by atoms with van der Waals surface area (Å²) in [7, 11) is 0. The molecule has 20 heavy (non-hydrogen) atoms. The van der Waals surface area contributed by atoms with E-state index in [2.05, 4.69) is 21.2 Å². The molecule has 5 heteroatoms. The van der Waals surface area contributed by atoms with E-state index in [4.69, 9.17) is 10.5 Å². The Labute approximate surface area is 126 Å². The molecule has 2 rings (SSSR count). The zero-order valence-corrected chi connectivity index (χ0v) is 12.6. The van der Waals surface area contributed by atoms with Crippen LogP contribution in [0.5, 0.6) is 0 Å². The van der Waals surface area contributed by atoms with Gasteiger partial charge in [-0.1, -0.05) is 28.1 Å². The number of rotatable bonds is 4. The van der Waals surface area contributed by atoms with E-state index in [1.807, 2.05) is 30.3 Å². The number of nitrogens with one attached hydrogen (secondary N) is 1. The van der Waals surface area contributed by atoms with E-state index >= 15 is 0 Å². The molecule has 0 heterocycles. The Hall–Kier alpha value is -2.01. The van der Waals surface area contributed by atoms with E-state index in [9.17, 15) is 4.79 Å². The van der Waals surface area contributed by atoms with E-state index in [0.29, 0.717) is 23.5 Å². The summed E-state index contributed by atoms with van der Waals surface area (Å²) in [6, 6.07) is 12.9. The van der Waals surface area contributed by atoms with Crippen LogP contribution in [-0.2, 0) is 4.74 Å². The maximum atomic E-state index is 11.8. The number of nitrogen functional groups attached to an aromatic ring is 1. The number of carbonyl (C=O) groups excluding carboxylic acids is 1. The third-order valence-electron chi connectivity index (χ3n) is 2.71. The number of para-hydroxylation sites is 1. The van der Waals surface area contributed by atoms with Crippen LogP contribution in [0.3, 0.4) is 0 Å². The molecule has 0 radical (unpaired) electrons. The van der Waals surface area contributed by atoms with Gasteiger partial charge < -0.3 is 15.8 Å². The van der Waals surface area contributed by atoms with Crippen LogP contribution >= 0.6 is 15.9 Å². The van der Waals surface area contributed by atoms with Crippen molar-refractivity contribution in [2.75, 3.05) is 17.7 Å². The maximum Gasteiger partial charge on any atom is 0.340 e. The van der Waals surface area contributed by atoms with Crippen molar-refractivity contribution in [3.05, 3.63) is 52.5 Å². The van der Waals surface area contributed by atoms with Crippen LogP contribution in [0.4, 0.5) is 17.1 Å². The number of benzene rings is 2. The number of carbonyl (C=O) groups is 1. The van der Waals surface area contributed by atoms with Gasteiger partial charge in [-0.25, -0.2) is 4.79 Å². The predicted molar refractivity (Wildman–Crippen MR) is 84.2 cm³/mol. The minimum atomic E-state index is -0.414. The summed E-state index contributed by atoms with van der Waals surface area (Å²) in [6.07, 6.45) is 0. The smallest absolute Gasteiger partial charge is 0.340 e. The molecule has 0 aromatic heterocycles. The summed E-state index contributed by atoms with van der Waals surface area (Å²) in [4.78, 5) is 11.8. The van der Waals surface area contributed by atoms with Crippen LogP contribution in [0.1, 0.15) is 17.3 Å². The largest absolute Gasteiger partial charge is 0.462 e. The Morgan fingerprint density at radius 2 is 2.05 bits per heavy atom. The second kappa shape index (κ2) is 6.43. The van der Waals surface area contributed by atoms with Gasteiger partial charge in [0.25, 0.3) is 0 Å². The van der Waals surface area contributed by atoms with E-state index in [-0.39, 0.29) is 0 Å². The van der Waals surface area contributed by atoms with Crippen LogP contribution in [0, 0.1) is 0 Å². The minimum Gasteiger partial charge on any atom is -0.462 e. The highest BCUT2D eigenvalue weighted by molar-refractivity contribution is 9.10. The van der Waals surface area contributed by atoms with E-state index in [1.54, 1.807) is 19.1 Å². The number of nitrogens with two attached hydrogens (primary N) is 1. The molecular formula is C15H15BrN2O2. The van der Waals surface area contributed by atoms with E-state index in [0.717, 1.165) is 10.2 Å². The fourth-order valence-electron chi connectivity index (χ4n) is 1.78. The van der Waals surface area contributed by atoms with E-state index < -0.39 is 5.97 Å². The van der Waals surface area contributed by atoms with Gasteiger partial charge >= 0.3 is 5.97 Å². The second-order valence-electron chi connectivity index (χ2n) is 4.12. The molecule has 0 aliphatic heterocycles. The molecule has 0 unspecified atom stereocenters. The van der Waals surface area contributed by atoms with Crippen molar-refractivity contribution in [3.8, 4) is 0 Å². The summed E-state index contributed by atoms with van der Waals surface area (Å²) in [5.41, 5.74) is 8.33. The van der Waals surface area contributed by atoms with Gasteiger partial charge in [0.05, 0.1) is 23.5 Å². The lowest BCUT2D eigenvalue weighted by Gasteiger charge is -2.12. The Balaban J connectivity index is 2.29. The number of esters is 1. The van der Waals surface area contributed by atoms with Crippen molar-refractivity contribution in [1.29, 1.82) is 0 Å². The normalized spacial score (nSPS) is 10.1. The van der Waals surface area contributed by atoms with Gasteiger partial charge in [0.2, 0.25) is 0 Å². The lowest BCUT2D eigenvalue weighted by atomic mass is 10.1. The summed E-state index contributed by atoms with van der Waals surface area (Å²) < 4.78 is 5.94. The first-order valence-corrected chi connectivity index (χ1v) is 6.99. The fourth-order valence-corrected chi connectivity index (χ4v) is 2.18. The van der Waals surface area contributed by atoms with Gasteiger partial charge in [-0.15, -0.1) is 0 Å². The summed E-state index contributed by atoms with van der Waals surface area (Å²) in [5.74, 6) is -0.414. The SMILES string of the molecule is CCOC(=O)c1cccc(Nc2cccc(Br)c2)c1N. The first-order chi connectivity index (χ1) is 9.61. The Kier molecular flexibility index (Phi) is 4.63. The number of hydrogen-bond donors (Lipinski definition) is 2. The topological polar surface area (TPSA) is 64.3 Å². The lowest BCUT2D eigenvalue weighted by Crippen LogP contribution is -2.09. The summed E-state index contributed by atoms with van der Waals surface area (Å²) >= 11 is 3.41. The Morgan fingerprint density at radius 3 is 2.75 bits per heavy atom. The maximum absolute atomic E-state index is 11.8. The summed E-state index contributed by atoms with van der Waals surface area (Å²) in [6.45, 7) is 2.08. The van der Waals surface area contributed by atoms with Crippen molar-refractivity contribution in [3.63, 3.8) is 0 Å². The quantitative estimate of drug-likeness (QED) is 0.656. The monoisotopic (exact) mass is 334 g/mol. The number of ether oxygens (including phenoxy) is 1. The molecule has 4 nitrogen and oxygen atoms in total. The summed E-state index contributed by atoms with van der Waals surface area (Å²) in [5, 5.41) is 3.19.